The zero-order valence-corrected chi connectivity index (χ0v) is 21.5. The van der Waals surface area contributed by atoms with Crippen molar-refractivity contribution in [3.63, 3.8) is 0 Å². The van der Waals surface area contributed by atoms with E-state index in [1.807, 2.05) is 6.92 Å². The number of anilines is 2. The molecule has 4 heterocycles. The summed E-state index contributed by atoms with van der Waals surface area (Å²) in [4.78, 5) is 36.5. The summed E-state index contributed by atoms with van der Waals surface area (Å²) in [5.74, 6) is -1.39. The molecule has 0 saturated heterocycles. The van der Waals surface area contributed by atoms with Gasteiger partial charge in [0.15, 0.2) is 11.5 Å². The van der Waals surface area contributed by atoms with Crippen LogP contribution >= 0.6 is 0 Å². The van der Waals surface area contributed by atoms with Crippen LogP contribution in [0.2, 0.25) is 0 Å². The lowest BCUT2D eigenvalue weighted by atomic mass is 10.0. The van der Waals surface area contributed by atoms with Crippen molar-refractivity contribution in [3.05, 3.63) is 65.1 Å². The predicted octanol–water partition coefficient (Wildman–Crippen LogP) is 4.59. The number of hydrogen-bond donors (Lipinski definition) is 2. The van der Waals surface area contributed by atoms with E-state index in [1.165, 1.54) is 23.0 Å². The number of ether oxygens (including phenoxy) is 1. The fourth-order valence-corrected chi connectivity index (χ4v) is 5.06. The maximum atomic E-state index is 13.4. The number of halogens is 3. The smallest absolute Gasteiger partial charge is 0.405 e. The van der Waals surface area contributed by atoms with E-state index in [0.717, 1.165) is 24.5 Å². The predicted molar refractivity (Wildman–Crippen MR) is 139 cm³/mol. The van der Waals surface area contributed by atoms with Crippen molar-refractivity contribution < 1.29 is 27.5 Å². The Morgan fingerprint density at radius 3 is 2.73 bits per heavy atom. The minimum absolute atomic E-state index is 0.00219. The van der Waals surface area contributed by atoms with E-state index in [4.69, 9.17) is 5.73 Å². The van der Waals surface area contributed by atoms with Gasteiger partial charge in [0, 0.05) is 30.5 Å². The Morgan fingerprint density at radius 1 is 1.25 bits per heavy atom. The standard InChI is InChI=1S/C27H24F3N7O3/c1-13-5-7-32-11-19(13)34-25(38)22-23(31)35-37-8-6-18(33-24(22)37)16-9-17-12-36(14(2)15-3-4-15)26(39)21(17)20(10-16)40-27(28,29)30/h5-11,14-15H,3-4,12H2,1-2H3,(H2,31,35)(H,34,38)/t14-/m0/s1. The third kappa shape index (κ3) is 4.56. The highest BCUT2D eigenvalue weighted by atomic mass is 19.4. The second kappa shape index (κ2) is 9.21. The molecule has 0 bridgehead atoms. The highest BCUT2D eigenvalue weighted by Gasteiger charge is 2.42. The van der Waals surface area contributed by atoms with Gasteiger partial charge in [-0.1, -0.05) is 0 Å². The van der Waals surface area contributed by atoms with Gasteiger partial charge in [0.2, 0.25) is 0 Å². The number of aryl methyl sites for hydroxylation is 1. The van der Waals surface area contributed by atoms with Crippen LogP contribution in [0.4, 0.5) is 24.7 Å². The lowest BCUT2D eigenvalue weighted by Crippen LogP contribution is -2.34. The molecule has 1 aliphatic heterocycles. The topological polar surface area (TPSA) is 128 Å². The molecule has 10 nitrogen and oxygen atoms in total. The molecule has 1 fully saturated rings. The van der Waals surface area contributed by atoms with E-state index in [2.05, 4.69) is 25.1 Å². The highest BCUT2D eigenvalue weighted by molar-refractivity contribution is 6.11. The van der Waals surface area contributed by atoms with E-state index in [1.54, 1.807) is 30.2 Å². The zero-order chi connectivity index (χ0) is 28.3. The molecule has 6 rings (SSSR count). The third-order valence-corrected chi connectivity index (χ3v) is 7.34. The number of alkyl halides is 3. The van der Waals surface area contributed by atoms with Gasteiger partial charge in [-0.3, -0.25) is 14.6 Å². The van der Waals surface area contributed by atoms with Crippen molar-refractivity contribution in [2.45, 2.75) is 45.6 Å². The number of aromatic nitrogens is 4. The van der Waals surface area contributed by atoms with Gasteiger partial charge in [0.05, 0.1) is 23.1 Å². The molecule has 0 radical (unpaired) electrons. The number of amides is 2. The maximum absolute atomic E-state index is 13.4. The van der Waals surface area contributed by atoms with Crippen LogP contribution in [0, 0.1) is 12.8 Å². The second-order valence-electron chi connectivity index (χ2n) is 10.1. The van der Waals surface area contributed by atoms with Gasteiger partial charge < -0.3 is 20.7 Å². The van der Waals surface area contributed by atoms with E-state index >= 15 is 0 Å². The molecule has 40 heavy (non-hydrogen) atoms. The van der Waals surface area contributed by atoms with Crippen LogP contribution in [0.25, 0.3) is 16.9 Å². The molecule has 4 aromatic rings. The third-order valence-electron chi connectivity index (χ3n) is 7.34. The first-order valence-corrected chi connectivity index (χ1v) is 12.6. The Bertz CT molecular complexity index is 1680. The van der Waals surface area contributed by atoms with Crippen molar-refractivity contribution in [3.8, 4) is 17.0 Å². The van der Waals surface area contributed by atoms with E-state index < -0.39 is 23.9 Å². The van der Waals surface area contributed by atoms with Gasteiger partial charge in [0.25, 0.3) is 11.8 Å². The largest absolute Gasteiger partial charge is 0.573 e. The van der Waals surface area contributed by atoms with Crippen LogP contribution < -0.4 is 15.8 Å². The molecule has 0 spiro atoms. The van der Waals surface area contributed by atoms with Crippen LogP contribution in [-0.2, 0) is 6.54 Å². The van der Waals surface area contributed by atoms with Crippen LogP contribution in [-0.4, -0.2) is 48.7 Å². The molecule has 2 aliphatic rings. The molecule has 13 heteroatoms. The first kappa shape index (κ1) is 25.6. The molecule has 0 unspecified atom stereocenters. The molecular formula is C27H24F3N7O3. The second-order valence-corrected chi connectivity index (χ2v) is 10.1. The number of nitrogen functional groups attached to an aromatic ring is 1. The summed E-state index contributed by atoms with van der Waals surface area (Å²) in [6.07, 6.45) is 1.55. The van der Waals surface area contributed by atoms with E-state index in [9.17, 15) is 22.8 Å². The molecule has 3 N–H and O–H groups in total. The normalized spacial score (nSPS) is 15.8. The number of nitrogens with two attached hydrogens (primary N) is 1. The average molecular weight is 552 g/mol. The van der Waals surface area contributed by atoms with Crippen molar-refractivity contribution >= 4 is 29.0 Å². The van der Waals surface area contributed by atoms with Crippen molar-refractivity contribution in [1.82, 2.24) is 24.5 Å². The summed E-state index contributed by atoms with van der Waals surface area (Å²) < 4.78 is 45.8. The van der Waals surface area contributed by atoms with Crippen LogP contribution in [0.15, 0.2) is 42.9 Å². The Morgan fingerprint density at radius 2 is 2.02 bits per heavy atom. The van der Waals surface area contributed by atoms with Gasteiger partial charge in [-0.2, -0.15) is 0 Å². The monoisotopic (exact) mass is 551 g/mol. The molecular weight excluding hydrogens is 527 g/mol. The molecule has 2 amide bonds. The molecule has 1 aliphatic carbocycles. The van der Waals surface area contributed by atoms with Gasteiger partial charge in [-0.05, 0) is 68.0 Å². The summed E-state index contributed by atoms with van der Waals surface area (Å²) in [5, 5.41) is 6.89. The Labute approximate surface area is 226 Å². The first-order valence-electron chi connectivity index (χ1n) is 12.6. The van der Waals surface area contributed by atoms with Gasteiger partial charge in [-0.25, -0.2) is 9.50 Å². The lowest BCUT2D eigenvalue weighted by molar-refractivity contribution is -0.274. The Kier molecular flexibility index (Phi) is 5.89. The quantitative estimate of drug-likeness (QED) is 0.359. The van der Waals surface area contributed by atoms with Gasteiger partial charge in [0.1, 0.15) is 11.3 Å². The summed E-state index contributed by atoms with van der Waals surface area (Å²) in [5.41, 5.74) is 8.25. The number of nitrogens with zero attached hydrogens (tertiary/aromatic N) is 5. The first-order chi connectivity index (χ1) is 19.0. The summed E-state index contributed by atoms with van der Waals surface area (Å²) in [6, 6.07) is 5.94. The SMILES string of the molecule is Cc1ccncc1NC(=O)c1c(N)nn2ccc(-c3cc4c(c(OC(F)(F)F)c3)C(=O)N([C@@H](C)C3CC3)C4)nc12. The molecule has 3 aromatic heterocycles. The van der Waals surface area contributed by atoms with Gasteiger partial charge in [-0.15, -0.1) is 18.3 Å². The van der Waals surface area contributed by atoms with Crippen molar-refractivity contribution in [2.75, 3.05) is 11.1 Å². The lowest BCUT2D eigenvalue weighted by Gasteiger charge is -2.24. The highest BCUT2D eigenvalue weighted by Crippen LogP contribution is 2.42. The molecule has 206 valence electrons. The van der Waals surface area contributed by atoms with Crippen molar-refractivity contribution in [1.29, 1.82) is 0 Å². The summed E-state index contributed by atoms with van der Waals surface area (Å²) in [7, 11) is 0. The summed E-state index contributed by atoms with van der Waals surface area (Å²) in [6.45, 7) is 3.87. The number of hydrogen-bond acceptors (Lipinski definition) is 7. The van der Waals surface area contributed by atoms with Crippen LogP contribution in [0.5, 0.6) is 5.75 Å². The number of nitrogens with one attached hydrogen (secondary N) is 1. The Hall–Kier alpha value is -4.68. The number of benzene rings is 1. The number of carbonyl (C=O) groups is 2. The number of fused-ring (bicyclic) bond motifs is 2. The number of rotatable bonds is 6. The zero-order valence-electron chi connectivity index (χ0n) is 21.5. The Balaban J connectivity index is 1.41. The number of carbonyl (C=O) groups excluding carboxylic acids is 2. The van der Waals surface area contributed by atoms with E-state index in [-0.39, 0.29) is 46.4 Å². The van der Waals surface area contributed by atoms with Crippen LogP contribution in [0.3, 0.4) is 0 Å². The maximum Gasteiger partial charge on any atom is 0.573 e. The molecule has 1 atom stereocenters. The number of pyridine rings is 1. The average Bonchev–Trinajstić information content (AvgIpc) is 3.61. The van der Waals surface area contributed by atoms with Gasteiger partial charge >= 0.3 is 6.36 Å². The minimum atomic E-state index is -5.00. The van der Waals surface area contributed by atoms with E-state index in [0.29, 0.717) is 17.2 Å². The van der Waals surface area contributed by atoms with Crippen LogP contribution in [0.1, 0.15) is 51.6 Å². The minimum Gasteiger partial charge on any atom is -0.405 e. The summed E-state index contributed by atoms with van der Waals surface area (Å²) >= 11 is 0. The molecule has 1 saturated carbocycles. The fraction of sp³-hybridized carbons (Fsp3) is 0.296. The fourth-order valence-electron chi connectivity index (χ4n) is 5.06. The van der Waals surface area contributed by atoms with Crippen molar-refractivity contribution in [2.24, 2.45) is 5.92 Å². The molecule has 1 aromatic carbocycles.